The Kier molecular flexibility index (Phi) is 4.02. The predicted molar refractivity (Wildman–Crippen MR) is 68.1 cm³/mol. The Hall–Kier alpha value is -0.940. The molecule has 2 rings (SSSR count). The summed E-state index contributed by atoms with van der Waals surface area (Å²) < 4.78 is 5.29. The lowest BCUT2D eigenvalue weighted by Gasteiger charge is -2.29. The highest BCUT2D eigenvalue weighted by atomic mass is 16.5. The van der Waals surface area contributed by atoms with E-state index in [9.17, 15) is 0 Å². The maximum Gasteiger partial charge on any atom is 0.232 e. The van der Waals surface area contributed by atoms with Crippen LogP contribution < -0.4 is 0 Å². The lowest BCUT2D eigenvalue weighted by Crippen LogP contribution is -2.34. The second kappa shape index (κ2) is 5.36. The molecule has 1 N–H and O–H groups in total. The molecule has 1 aliphatic heterocycles. The molecular formula is C13H23N3O2. The molecule has 0 amide bonds. The van der Waals surface area contributed by atoms with Gasteiger partial charge in [-0.25, -0.2) is 0 Å². The zero-order valence-electron chi connectivity index (χ0n) is 11.5. The minimum Gasteiger partial charge on any atom is -0.396 e. The Morgan fingerprint density at radius 2 is 2.00 bits per heavy atom. The molecule has 1 saturated heterocycles. The fraction of sp³-hybridized carbons (Fsp3) is 0.846. The molecular weight excluding hydrogens is 230 g/mol. The standard InChI is InChI=1S/C13H23N3O2/c1-13(2,3)12-14-11(15-18-12)8-16-6-4-10(9-17)5-7-16/h10,17H,4-9H2,1-3H3. The third-order valence-corrected chi connectivity index (χ3v) is 3.44. The van der Waals surface area contributed by atoms with Crippen LogP contribution in [0.1, 0.15) is 45.3 Å². The summed E-state index contributed by atoms with van der Waals surface area (Å²) >= 11 is 0. The first-order valence-corrected chi connectivity index (χ1v) is 6.65. The first-order chi connectivity index (χ1) is 8.49. The molecule has 0 saturated carbocycles. The van der Waals surface area contributed by atoms with Crippen LogP contribution in [-0.2, 0) is 12.0 Å². The average molecular weight is 253 g/mol. The summed E-state index contributed by atoms with van der Waals surface area (Å²) in [6.45, 7) is 9.27. The maximum atomic E-state index is 9.10. The third kappa shape index (κ3) is 3.29. The van der Waals surface area contributed by atoms with Crippen molar-refractivity contribution in [3.63, 3.8) is 0 Å². The summed E-state index contributed by atoms with van der Waals surface area (Å²) in [4.78, 5) is 6.77. The molecule has 0 unspecified atom stereocenters. The first-order valence-electron chi connectivity index (χ1n) is 6.65. The van der Waals surface area contributed by atoms with Crippen molar-refractivity contribution in [2.24, 2.45) is 5.92 Å². The van der Waals surface area contributed by atoms with Crippen molar-refractivity contribution in [3.05, 3.63) is 11.7 Å². The number of aromatic nitrogens is 2. The zero-order chi connectivity index (χ0) is 13.2. The quantitative estimate of drug-likeness (QED) is 0.886. The highest BCUT2D eigenvalue weighted by molar-refractivity contribution is 4.98. The molecule has 5 heteroatoms. The van der Waals surface area contributed by atoms with Crippen molar-refractivity contribution in [2.45, 2.75) is 45.6 Å². The van der Waals surface area contributed by atoms with E-state index < -0.39 is 0 Å². The normalized spacial score (nSPS) is 19.3. The van der Waals surface area contributed by atoms with E-state index in [1.165, 1.54) is 0 Å². The van der Waals surface area contributed by atoms with Crippen LogP contribution in [0.15, 0.2) is 4.52 Å². The number of hydrogen-bond donors (Lipinski definition) is 1. The predicted octanol–water partition coefficient (Wildman–Crippen LogP) is 1.57. The van der Waals surface area contributed by atoms with Crippen molar-refractivity contribution < 1.29 is 9.63 Å². The van der Waals surface area contributed by atoms with Gasteiger partial charge in [0.2, 0.25) is 5.89 Å². The van der Waals surface area contributed by atoms with Crippen LogP contribution >= 0.6 is 0 Å². The molecule has 1 aromatic heterocycles. The summed E-state index contributed by atoms with van der Waals surface area (Å²) in [7, 11) is 0. The summed E-state index contributed by atoms with van der Waals surface area (Å²) in [5.41, 5.74) is -0.0882. The zero-order valence-corrected chi connectivity index (χ0v) is 11.5. The van der Waals surface area contributed by atoms with E-state index in [1.54, 1.807) is 0 Å². The summed E-state index contributed by atoms with van der Waals surface area (Å²) in [6.07, 6.45) is 2.11. The molecule has 0 aromatic carbocycles. The Balaban J connectivity index is 1.89. The van der Waals surface area contributed by atoms with Gasteiger partial charge in [-0.3, -0.25) is 4.90 Å². The van der Waals surface area contributed by atoms with E-state index in [4.69, 9.17) is 9.63 Å². The number of likely N-dealkylation sites (tertiary alicyclic amines) is 1. The highest BCUT2D eigenvalue weighted by Gasteiger charge is 2.24. The first kappa shape index (κ1) is 13.5. The topological polar surface area (TPSA) is 62.4 Å². The van der Waals surface area contributed by atoms with Crippen LogP contribution in [-0.4, -0.2) is 39.8 Å². The van der Waals surface area contributed by atoms with E-state index >= 15 is 0 Å². The minimum absolute atomic E-state index is 0.0882. The van der Waals surface area contributed by atoms with Gasteiger partial charge in [0.05, 0.1) is 6.54 Å². The summed E-state index contributed by atoms with van der Waals surface area (Å²) in [5.74, 6) is 1.93. The third-order valence-electron chi connectivity index (χ3n) is 3.44. The molecule has 0 radical (unpaired) electrons. The molecule has 102 valence electrons. The van der Waals surface area contributed by atoms with Crippen molar-refractivity contribution in [2.75, 3.05) is 19.7 Å². The van der Waals surface area contributed by atoms with E-state index in [1.807, 2.05) is 0 Å². The van der Waals surface area contributed by atoms with Gasteiger partial charge in [0.25, 0.3) is 0 Å². The minimum atomic E-state index is -0.0882. The molecule has 0 aliphatic carbocycles. The van der Waals surface area contributed by atoms with Gasteiger partial charge in [0, 0.05) is 12.0 Å². The highest BCUT2D eigenvalue weighted by Crippen LogP contribution is 2.21. The van der Waals surface area contributed by atoms with Crippen molar-refractivity contribution in [3.8, 4) is 0 Å². The number of aliphatic hydroxyl groups is 1. The number of rotatable bonds is 3. The van der Waals surface area contributed by atoms with Crippen molar-refractivity contribution in [1.82, 2.24) is 15.0 Å². The van der Waals surface area contributed by atoms with Crippen molar-refractivity contribution >= 4 is 0 Å². The lowest BCUT2D eigenvalue weighted by molar-refractivity contribution is 0.125. The fourth-order valence-corrected chi connectivity index (χ4v) is 2.15. The van der Waals surface area contributed by atoms with Crippen LogP contribution in [0.25, 0.3) is 0 Å². The Morgan fingerprint density at radius 1 is 1.33 bits per heavy atom. The van der Waals surface area contributed by atoms with Gasteiger partial charge in [-0.05, 0) is 31.8 Å². The molecule has 0 spiro atoms. The van der Waals surface area contributed by atoms with Crippen molar-refractivity contribution in [1.29, 1.82) is 0 Å². The number of piperidine rings is 1. The second-order valence-electron chi connectivity index (χ2n) is 6.17. The smallest absolute Gasteiger partial charge is 0.232 e. The molecule has 18 heavy (non-hydrogen) atoms. The van der Waals surface area contributed by atoms with Gasteiger partial charge in [0.15, 0.2) is 5.82 Å². The summed E-state index contributed by atoms with van der Waals surface area (Å²) in [6, 6.07) is 0. The van der Waals surface area contributed by atoms with Crippen LogP contribution in [0.5, 0.6) is 0 Å². The maximum absolute atomic E-state index is 9.10. The van der Waals surface area contributed by atoms with Crippen LogP contribution in [0, 0.1) is 5.92 Å². The van der Waals surface area contributed by atoms with Crippen LogP contribution in [0.4, 0.5) is 0 Å². The second-order valence-corrected chi connectivity index (χ2v) is 6.17. The summed E-state index contributed by atoms with van der Waals surface area (Å²) in [5, 5.41) is 13.1. The largest absolute Gasteiger partial charge is 0.396 e. The molecule has 5 nitrogen and oxygen atoms in total. The number of aliphatic hydroxyl groups excluding tert-OH is 1. The number of hydrogen-bond acceptors (Lipinski definition) is 5. The Bertz CT molecular complexity index is 376. The molecule has 0 bridgehead atoms. The monoisotopic (exact) mass is 253 g/mol. The molecule has 1 fully saturated rings. The van der Waals surface area contributed by atoms with Gasteiger partial charge in [0.1, 0.15) is 0 Å². The molecule has 1 aromatic rings. The van der Waals surface area contributed by atoms with E-state index in [0.717, 1.165) is 38.3 Å². The number of nitrogens with zero attached hydrogens (tertiary/aromatic N) is 3. The van der Waals surface area contributed by atoms with Gasteiger partial charge >= 0.3 is 0 Å². The fourth-order valence-electron chi connectivity index (χ4n) is 2.15. The molecule has 0 atom stereocenters. The van der Waals surface area contributed by atoms with E-state index in [0.29, 0.717) is 18.4 Å². The van der Waals surface area contributed by atoms with Gasteiger partial charge in [-0.15, -0.1) is 0 Å². The molecule has 1 aliphatic rings. The van der Waals surface area contributed by atoms with Crippen LogP contribution in [0.2, 0.25) is 0 Å². The van der Waals surface area contributed by atoms with Crippen LogP contribution in [0.3, 0.4) is 0 Å². The average Bonchev–Trinajstić information content (AvgIpc) is 2.78. The van der Waals surface area contributed by atoms with Gasteiger partial charge < -0.3 is 9.63 Å². The van der Waals surface area contributed by atoms with Gasteiger partial charge in [-0.1, -0.05) is 25.9 Å². The SMILES string of the molecule is CC(C)(C)c1nc(CN2CCC(CO)CC2)no1. The Labute approximate surface area is 108 Å². The van der Waals surface area contributed by atoms with Gasteiger partial charge in [-0.2, -0.15) is 4.98 Å². The lowest BCUT2D eigenvalue weighted by atomic mass is 9.97. The van der Waals surface area contributed by atoms with E-state index in [2.05, 4.69) is 35.8 Å². The Morgan fingerprint density at radius 3 is 2.50 bits per heavy atom. The molecule has 2 heterocycles. The van der Waals surface area contributed by atoms with E-state index in [-0.39, 0.29) is 5.41 Å².